The summed E-state index contributed by atoms with van der Waals surface area (Å²) in [6.45, 7) is 3.87. The molecule has 0 amide bonds. The summed E-state index contributed by atoms with van der Waals surface area (Å²) in [5.74, 6) is -0.383. The third kappa shape index (κ3) is 18.8. The van der Waals surface area contributed by atoms with Crippen molar-refractivity contribution in [3.63, 3.8) is 0 Å². The zero-order valence-corrected chi connectivity index (χ0v) is 44.8. The number of hydrogen-bond donors (Lipinski definition) is 4. The Morgan fingerprint density at radius 3 is 1.55 bits per heavy atom. The topological polar surface area (TPSA) is 259 Å². The average molecular weight is 1180 g/mol. The van der Waals surface area contributed by atoms with Gasteiger partial charge < -0.3 is 44.5 Å². The van der Waals surface area contributed by atoms with Crippen molar-refractivity contribution >= 4 is 132 Å². The number of nitrogens with one attached hydrogen (secondary N) is 2. The number of fused-ring (bicyclic) bond motifs is 3. The predicted molar refractivity (Wildman–Crippen MR) is 285 cm³/mol. The molecule has 0 spiro atoms. The van der Waals surface area contributed by atoms with Gasteiger partial charge in [0.25, 0.3) is 5.56 Å². The molecule has 0 saturated carbocycles. The fourth-order valence-corrected chi connectivity index (χ4v) is 6.25. The summed E-state index contributed by atoms with van der Waals surface area (Å²) in [5, 5.41) is 4.70. The Bertz CT molecular complexity index is 3530. The van der Waals surface area contributed by atoms with Crippen molar-refractivity contribution in [2.24, 2.45) is 0 Å². The Labute approximate surface area is 456 Å². The third-order valence-corrected chi connectivity index (χ3v) is 10.4. The number of esters is 3. The van der Waals surface area contributed by atoms with E-state index in [4.69, 9.17) is 71.5 Å². The van der Waals surface area contributed by atoms with Crippen LogP contribution in [0, 0.1) is 11.6 Å². The molecule has 19 nitrogen and oxygen atoms in total. The summed E-state index contributed by atoms with van der Waals surface area (Å²) in [7, 11) is 7.96. The van der Waals surface area contributed by atoms with E-state index in [-0.39, 0.29) is 38.5 Å². The Kier molecular flexibility index (Phi) is 23.7. The molecule has 4 N–H and O–H groups in total. The molecular weight excluding hydrogens is 1140 g/mol. The van der Waals surface area contributed by atoms with E-state index in [1.165, 1.54) is 91.4 Å². The SMILES string of the molecule is COc1cc2nc[nH]c(=O)c2cc1OC(C)=O.COc1cc2ncnc(Cl)c2cc1OC(C)=O.COc1cc2ncnc(Nc3cccc(Cl)c3F)c2cc1OC(C)=O.Nc1cccc(Cl)c1F.[2H]CF.[2H]S(=O)(Cl)(Cl)CF. The minimum absolute atomic E-state index is 0.00867. The van der Waals surface area contributed by atoms with Crippen molar-refractivity contribution < 1.29 is 65.9 Å². The monoisotopic (exact) mass is 1180 g/mol. The van der Waals surface area contributed by atoms with E-state index in [0.29, 0.717) is 66.7 Å². The van der Waals surface area contributed by atoms with Crippen LogP contribution in [-0.2, 0) is 22.6 Å². The highest BCUT2D eigenvalue weighted by Gasteiger charge is 2.16. The Hall–Kier alpha value is -7.35. The summed E-state index contributed by atoms with van der Waals surface area (Å²) in [6, 6.07) is 17.0. The lowest BCUT2D eigenvalue weighted by Gasteiger charge is -2.13. The molecule has 0 radical (unpaired) electrons. The zero-order valence-electron chi connectivity index (χ0n) is 42.2. The van der Waals surface area contributed by atoms with Crippen molar-refractivity contribution in [3.8, 4) is 34.5 Å². The first-order chi connectivity index (χ1) is 36.7. The quantitative estimate of drug-likeness (QED) is 0.0199. The number of carbonyl (C=O) groups excluding carboxylic acids is 3. The second kappa shape index (κ2) is 30.3. The molecule has 0 saturated heterocycles. The van der Waals surface area contributed by atoms with E-state index in [9.17, 15) is 40.9 Å². The molecular formula is C47H43Cl5F4N8O11S. The fourth-order valence-electron chi connectivity index (χ4n) is 5.70. The maximum Gasteiger partial charge on any atom is 0.308 e. The lowest BCUT2D eigenvalue weighted by Crippen LogP contribution is -2.08. The van der Waals surface area contributed by atoms with Gasteiger partial charge in [-0.3, -0.25) is 27.8 Å². The van der Waals surface area contributed by atoms with Crippen LogP contribution in [0.3, 0.4) is 0 Å². The first-order valence-electron chi connectivity index (χ1n) is 21.7. The summed E-state index contributed by atoms with van der Waals surface area (Å²) >= 11 is 17.1. The molecule has 3 heterocycles. The maximum atomic E-state index is 14.1. The van der Waals surface area contributed by atoms with Crippen molar-refractivity contribution in [2.45, 2.75) is 20.8 Å². The van der Waals surface area contributed by atoms with E-state index in [1.54, 1.807) is 42.5 Å². The van der Waals surface area contributed by atoms with Gasteiger partial charge in [-0.05, 0) is 63.8 Å². The Balaban J connectivity index is 0.000000268. The number of aromatic amines is 1. The van der Waals surface area contributed by atoms with E-state index in [0.717, 1.165) is 0 Å². The van der Waals surface area contributed by atoms with Crippen molar-refractivity contribution in [2.75, 3.05) is 45.5 Å². The minimum Gasteiger partial charge on any atom is -0.493 e. The number of nitrogens with zero attached hydrogens (tertiary/aromatic N) is 5. The molecule has 0 fully saturated rings. The van der Waals surface area contributed by atoms with Crippen molar-refractivity contribution in [1.29, 1.82) is 1.12 Å². The Morgan fingerprint density at radius 1 is 0.684 bits per heavy atom. The molecule has 8 aromatic rings. The number of nitrogen functional groups attached to an aromatic ring is 1. The van der Waals surface area contributed by atoms with Gasteiger partial charge in [-0.2, -0.15) is 0 Å². The van der Waals surface area contributed by atoms with Crippen LogP contribution in [0.15, 0.2) is 96.6 Å². The predicted octanol–water partition coefficient (Wildman–Crippen LogP) is 11.1. The average Bonchev–Trinajstić information content (AvgIpc) is 3.37. The largest absolute Gasteiger partial charge is 0.493 e. The first-order valence-corrected chi connectivity index (χ1v) is 25.1. The van der Waals surface area contributed by atoms with E-state index >= 15 is 0 Å². The van der Waals surface area contributed by atoms with Crippen LogP contribution in [0.2, 0.25) is 15.2 Å². The van der Waals surface area contributed by atoms with Gasteiger partial charge in [0, 0.05) is 49.7 Å². The molecule has 0 aliphatic heterocycles. The number of aromatic nitrogens is 6. The second-order valence-corrected chi connectivity index (χ2v) is 19.9. The zero-order chi connectivity index (χ0) is 58.5. The van der Waals surface area contributed by atoms with Crippen molar-refractivity contribution in [1.82, 2.24) is 29.9 Å². The summed E-state index contributed by atoms with van der Waals surface area (Å²) in [4.78, 5) is 67.4. The van der Waals surface area contributed by atoms with Gasteiger partial charge in [0.05, 0.1) is 87.8 Å². The molecule has 8 rings (SSSR count). The van der Waals surface area contributed by atoms with Gasteiger partial charge in [-0.15, -0.1) is 0 Å². The second-order valence-electron chi connectivity index (χ2n) is 14.0. The molecule has 0 aliphatic carbocycles. The van der Waals surface area contributed by atoms with Crippen LogP contribution >= 0.6 is 56.2 Å². The number of halogens is 9. The summed E-state index contributed by atoms with van der Waals surface area (Å²) in [6.07, 6.45) is 3.99. The van der Waals surface area contributed by atoms with Gasteiger partial charge in [-0.1, -0.05) is 46.9 Å². The van der Waals surface area contributed by atoms with Gasteiger partial charge >= 0.3 is 17.9 Å². The number of H-pyrrole nitrogens is 1. The standard InChI is InChI=1S/C17H13ClFN3O3.C11H9ClN2O3.C11H10N2O4.C6H5ClFN.CH3Cl2FOS.CH3F/c1-9(23)25-15-6-10-13(7-14(15)24-2)20-8-21-17(10)22-12-5-3-4-11(18)16(12)19;1-6(15)17-10-3-7-8(4-9(10)16-2)13-5-14-11(7)12;1-6(14)17-10-3-7-8(4-9(10)16-2)12-5-13-11(7)15;7-4-2-1-3-5(9)6(4)8;2-6(3,5)1-4;1-2/h3-8H,1-2H3,(H,20,21,22);3-5H,1-2H3;3-5H,1-2H3,(H,12,13,15);1-3H,9H2;6H,1H2;1H3/i;;;;6D;1D. The van der Waals surface area contributed by atoms with E-state index in [1.807, 2.05) is 0 Å². The summed E-state index contributed by atoms with van der Waals surface area (Å²) < 4.78 is 100. The normalized spacial score (nSPS) is 11.1. The number of thiol groups is 1. The highest BCUT2D eigenvalue weighted by Crippen LogP contribution is 2.37. The number of rotatable bonds is 9. The van der Waals surface area contributed by atoms with Crippen LogP contribution in [0.4, 0.5) is 34.8 Å². The van der Waals surface area contributed by atoms with Crippen LogP contribution < -0.4 is 45.0 Å². The van der Waals surface area contributed by atoms with Gasteiger partial charge in [0.15, 0.2) is 52.1 Å². The number of hydrogen-bond acceptors (Lipinski definition) is 18. The van der Waals surface area contributed by atoms with Gasteiger partial charge in [0.1, 0.15) is 24.7 Å². The number of benzene rings is 5. The van der Waals surface area contributed by atoms with Gasteiger partial charge in [0.2, 0.25) is 0 Å². The molecule has 5 aromatic carbocycles. The lowest BCUT2D eigenvalue weighted by atomic mass is 10.2. The molecule has 3 aromatic heterocycles. The highest BCUT2D eigenvalue weighted by atomic mass is 36.0. The Morgan fingerprint density at radius 2 is 1.11 bits per heavy atom. The molecule has 0 atom stereocenters. The third-order valence-electron chi connectivity index (χ3n) is 8.79. The van der Waals surface area contributed by atoms with Crippen LogP contribution in [0.5, 0.6) is 34.5 Å². The fraction of sp³-hybridized carbons (Fsp3) is 0.170. The highest BCUT2D eigenvalue weighted by molar-refractivity contribution is 8.40. The summed E-state index contributed by atoms with van der Waals surface area (Å²) in [5.41, 5.74) is 6.74. The van der Waals surface area contributed by atoms with E-state index < -0.39 is 51.0 Å². The molecule has 0 aliphatic rings. The number of ether oxygens (including phenoxy) is 6. The lowest BCUT2D eigenvalue weighted by molar-refractivity contribution is -0.132. The minimum atomic E-state index is -4.59. The van der Waals surface area contributed by atoms with Gasteiger partial charge in [-0.25, -0.2) is 38.1 Å². The van der Waals surface area contributed by atoms with Crippen molar-refractivity contribution in [3.05, 3.63) is 129 Å². The van der Waals surface area contributed by atoms with Crippen LogP contribution in [-0.4, -0.2) is 87.6 Å². The molecule has 0 unspecified atom stereocenters. The first kappa shape index (κ1) is 59.5. The number of alkyl halides is 2. The number of carbonyl (C=O) groups is 3. The molecule has 76 heavy (non-hydrogen) atoms. The molecule has 29 heteroatoms. The smallest absolute Gasteiger partial charge is 0.308 e. The van der Waals surface area contributed by atoms with Crippen LogP contribution in [0.25, 0.3) is 32.7 Å². The molecule has 406 valence electrons. The van der Waals surface area contributed by atoms with E-state index in [2.05, 4.69) is 56.6 Å². The van der Waals surface area contributed by atoms with Crippen LogP contribution in [0.1, 0.15) is 22.1 Å². The number of methoxy groups -OCH3 is 3. The number of anilines is 3. The molecule has 0 bridgehead atoms. The number of nitrogens with two attached hydrogens (primary N) is 1. The maximum absolute atomic E-state index is 14.1.